The van der Waals surface area contributed by atoms with Gasteiger partial charge in [-0.25, -0.2) is 9.59 Å². The van der Waals surface area contributed by atoms with Crippen LogP contribution in [0, 0.1) is 11.8 Å². The highest BCUT2D eigenvalue weighted by atomic mass is 16.7. The molecular formula is C34H41N3O6. The van der Waals surface area contributed by atoms with Gasteiger partial charge >= 0.3 is 11.9 Å². The summed E-state index contributed by atoms with van der Waals surface area (Å²) >= 11 is 0. The van der Waals surface area contributed by atoms with E-state index < -0.39 is 11.9 Å². The maximum Gasteiger partial charge on any atom is 0.331 e. The van der Waals surface area contributed by atoms with Crippen LogP contribution in [0.2, 0.25) is 0 Å². The Morgan fingerprint density at radius 3 is 1.88 bits per heavy atom. The molecule has 9 nitrogen and oxygen atoms in total. The second-order valence-electron chi connectivity index (χ2n) is 11.4. The second kappa shape index (κ2) is 15.7. The Hall–Kier alpha value is -4.40. The topological polar surface area (TPSA) is 116 Å². The highest BCUT2D eigenvalue weighted by Gasteiger charge is 2.22. The van der Waals surface area contributed by atoms with Crippen LogP contribution in [0.4, 0.5) is 0 Å². The summed E-state index contributed by atoms with van der Waals surface area (Å²) in [6.07, 6.45) is 5.96. The number of Topliss-reactive ketones (excluding diaryl/α,β-unsaturated/α-hetero) is 2. The fraction of sp³-hybridized carbons (Fsp3) is 0.412. The first-order valence-corrected chi connectivity index (χ1v) is 14.8. The SMILES string of the molecule is CC(=O)O/N=C(\CCCCC(C)C)C(=O)c1ccc(-n2cc(C(=O)/C(CCC(C)C)=N/OC(C)=O)c3ccccc32)cc1. The van der Waals surface area contributed by atoms with Gasteiger partial charge in [-0.05, 0) is 67.9 Å². The molecule has 1 aromatic heterocycles. The highest BCUT2D eigenvalue weighted by molar-refractivity contribution is 6.48. The summed E-state index contributed by atoms with van der Waals surface area (Å²) in [5, 5.41) is 8.48. The molecule has 0 atom stereocenters. The lowest BCUT2D eigenvalue weighted by molar-refractivity contribution is -0.141. The van der Waals surface area contributed by atoms with E-state index in [2.05, 4.69) is 24.2 Å². The fourth-order valence-electron chi connectivity index (χ4n) is 4.58. The van der Waals surface area contributed by atoms with Crippen molar-refractivity contribution in [1.29, 1.82) is 0 Å². The fourth-order valence-corrected chi connectivity index (χ4v) is 4.58. The van der Waals surface area contributed by atoms with Crippen molar-refractivity contribution in [2.24, 2.45) is 22.1 Å². The third kappa shape index (κ3) is 9.56. The number of nitrogens with zero attached hydrogens (tertiary/aromatic N) is 3. The maximum atomic E-state index is 13.7. The second-order valence-corrected chi connectivity index (χ2v) is 11.4. The minimum atomic E-state index is -0.594. The Morgan fingerprint density at radius 1 is 0.721 bits per heavy atom. The first-order valence-electron chi connectivity index (χ1n) is 14.8. The molecule has 0 aliphatic rings. The number of fused-ring (bicyclic) bond motifs is 1. The van der Waals surface area contributed by atoms with Crippen molar-refractivity contribution < 1.29 is 28.9 Å². The van der Waals surface area contributed by atoms with Crippen LogP contribution in [0.3, 0.4) is 0 Å². The van der Waals surface area contributed by atoms with Crippen LogP contribution in [0.5, 0.6) is 0 Å². The van der Waals surface area contributed by atoms with Gasteiger partial charge in [0.25, 0.3) is 0 Å². The quantitative estimate of drug-likeness (QED) is 0.0598. The summed E-state index contributed by atoms with van der Waals surface area (Å²) < 4.78 is 1.88. The van der Waals surface area contributed by atoms with Gasteiger partial charge in [0, 0.05) is 42.2 Å². The molecule has 0 saturated heterocycles. The predicted molar refractivity (Wildman–Crippen MR) is 168 cm³/mol. The predicted octanol–water partition coefficient (Wildman–Crippen LogP) is 7.49. The maximum absolute atomic E-state index is 13.7. The van der Waals surface area contributed by atoms with Gasteiger partial charge < -0.3 is 14.2 Å². The third-order valence-corrected chi connectivity index (χ3v) is 6.86. The van der Waals surface area contributed by atoms with Crippen LogP contribution in [-0.2, 0) is 19.3 Å². The molecule has 3 rings (SSSR count). The first-order chi connectivity index (χ1) is 20.5. The van der Waals surface area contributed by atoms with Gasteiger partial charge in [0.1, 0.15) is 11.4 Å². The first kappa shape index (κ1) is 33.1. The zero-order valence-electron chi connectivity index (χ0n) is 25.9. The molecule has 0 saturated carbocycles. The van der Waals surface area contributed by atoms with Crippen molar-refractivity contribution in [2.45, 2.75) is 80.1 Å². The van der Waals surface area contributed by atoms with Crippen LogP contribution < -0.4 is 0 Å². The van der Waals surface area contributed by atoms with Gasteiger partial charge in [-0.1, -0.05) is 69.0 Å². The lowest BCUT2D eigenvalue weighted by atomic mass is 9.99. The molecule has 9 heteroatoms. The third-order valence-electron chi connectivity index (χ3n) is 6.86. The zero-order valence-corrected chi connectivity index (χ0v) is 25.9. The van der Waals surface area contributed by atoms with E-state index in [9.17, 15) is 19.2 Å². The number of carbonyl (C=O) groups excluding carboxylic acids is 4. The number of hydrogen-bond acceptors (Lipinski definition) is 8. The number of unbranched alkanes of at least 4 members (excludes halogenated alkanes) is 1. The lowest BCUT2D eigenvalue weighted by Crippen LogP contribution is -2.16. The van der Waals surface area contributed by atoms with Gasteiger partial charge in [0.05, 0.1) is 5.52 Å². The number of carbonyl (C=O) groups is 4. The van der Waals surface area contributed by atoms with Gasteiger partial charge in [-0.3, -0.25) is 9.59 Å². The Labute approximate surface area is 252 Å². The molecule has 0 N–H and O–H groups in total. The Bertz CT molecular complexity index is 1510. The van der Waals surface area contributed by atoms with Gasteiger partial charge in [-0.15, -0.1) is 0 Å². The van der Waals surface area contributed by atoms with E-state index in [4.69, 9.17) is 9.68 Å². The average molecular weight is 588 g/mol. The number of benzene rings is 2. The molecule has 3 aromatic rings. The van der Waals surface area contributed by atoms with Crippen molar-refractivity contribution in [1.82, 2.24) is 4.57 Å². The lowest BCUT2D eigenvalue weighted by Gasteiger charge is -2.09. The number of ketones is 2. The van der Waals surface area contributed by atoms with E-state index in [0.717, 1.165) is 35.9 Å². The monoisotopic (exact) mass is 587 g/mol. The van der Waals surface area contributed by atoms with Crippen LogP contribution in [0.25, 0.3) is 16.6 Å². The van der Waals surface area contributed by atoms with E-state index >= 15 is 0 Å². The summed E-state index contributed by atoms with van der Waals surface area (Å²) in [6.45, 7) is 10.9. The highest BCUT2D eigenvalue weighted by Crippen LogP contribution is 2.27. The number of oxime groups is 2. The Balaban J connectivity index is 1.93. The van der Waals surface area contributed by atoms with Crippen molar-refractivity contribution in [3.05, 3.63) is 65.9 Å². The van der Waals surface area contributed by atoms with Crippen molar-refractivity contribution in [2.75, 3.05) is 0 Å². The molecule has 0 unspecified atom stereocenters. The number of rotatable bonds is 15. The summed E-state index contributed by atoms with van der Waals surface area (Å²) in [6, 6.07) is 14.5. The molecule has 0 bridgehead atoms. The molecule has 0 aliphatic heterocycles. The molecule has 0 spiro atoms. The minimum Gasteiger partial charge on any atom is -0.318 e. The van der Waals surface area contributed by atoms with E-state index in [1.54, 1.807) is 30.5 Å². The summed E-state index contributed by atoms with van der Waals surface area (Å²) in [5.41, 5.74) is 2.76. The number of aromatic nitrogens is 1. The zero-order chi connectivity index (χ0) is 31.5. The van der Waals surface area contributed by atoms with Crippen molar-refractivity contribution in [3.63, 3.8) is 0 Å². The van der Waals surface area contributed by atoms with Gasteiger partial charge in [0.2, 0.25) is 11.6 Å². The van der Waals surface area contributed by atoms with Crippen LogP contribution in [-0.4, -0.2) is 39.5 Å². The van der Waals surface area contributed by atoms with Gasteiger partial charge in [-0.2, -0.15) is 0 Å². The molecule has 0 fully saturated rings. The molecule has 228 valence electrons. The normalized spacial score (nSPS) is 12.2. The molecule has 0 amide bonds. The Morgan fingerprint density at radius 2 is 1.30 bits per heavy atom. The Kier molecular flexibility index (Phi) is 12.1. The smallest absolute Gasteiger partial charge is 0.318 e. The van der Waals surface area contributed by atoms with Gasteiger partial charge in [0.15, 0.2) is 0 Å². The molecule has 2 aromatic carbocycles. The summed E-state index contributed by atoms with van der Waals surface area (Å²) in [7, 11) is 0. The van der Waals surface area contributed by atoms with Crippen LogP contribution in [0.15, 0.2) is 65.0 Å². The standard InChI is InChI=1S/C34H41N3O6/c1-22(2)11-7-9-13-30(35-42-24(5)38)33(40)26-16-18-27(19-17-26)37-21-29(28-12-8-10-14-32(28)37)34(41)31(20-15-23(3)4)36-43-25(6)39/h8,10,12,14,16-19,21-23H,7,9,11,13,15,20H2,1-6H3/b35-30+,36-31+. The molecular weight excluding hydrogens is 546 g/mol. The summed E-state index contributed by atoms with van der Waals surface area (Å²) in [5.74, 6) is -0.904. The van der Waals surface area contributed by atoms with E-state index in [-0.39, 0.29) is 23.0 Å². The molecule has 1 heterocycles. The molecule has 43 heavy (non-hydrogen) atoms. The molecule has 0 aliphatic carbocycles. The number of hydrogen-bond donors (Lipinski definition) is 0. The average Bonchev–Trinajstić information content (AvgIpc) is 3.35. The van der Waals surface area contributed by atoms with Crippen molar-refractivity contribution in [3.8, 4) is 5.69 Å². The van der Waals surface area contributed by atoms with Crippen molar-refractivity contribution >= 4 is 45.8 Å². The largest absolute Gasteiger partial charge is 0.331 e. The van der Waals surface area contributed by atoms with Crippen LogP contribution in [0.1, 0.15) is 101 Å². The summed E-state index contributed by atoms with van der Waals surface area (Å²) in [4.78, 5) is 59.5. The van der Waals surface area contributed by atoms with Crippen LogP contribution >= 0.6 is 0 Å². The van der Waals surface area contributed by atoms with E-state index in [1.165, 1.54) is 13.8 Å². The van der Waals surface area contributed by atoms with E-state index in [0.29, 0.717) is 42.2 Å². The van der Waals surface area contributed by atoms with E-state index in [1.807, 2.05) is 42.7 Å². The minimum absolute atomic E-state index is 0.181. The number of para-hydroxylation sites is 1. The molecule has 0 radical (unpaired) electrons.